The summed E-state index contributed by atoms with van der Waals surface area (Å²) >= 11 is 0. The molecule has 1 unspecified atom stereocenters. The van der Waals surface area contributed by atoms with Crippen LogP contribution in [0.5, 0.6) is 0 Å². The van der Waals surface area contributed by atoms with Gasteiger partial charge in [-0.25, -0.2) is 23.1 Å². The lowest BCUT2D eigenvalue weighted by atomic mass is 9.81. The summed E-state index contributed by atoms with van der Waals surface area (Å²) in [4.78, 5) is 26.2. The predicted molar refractivity (Wildman–Crippen MR) is 96.1 cm³/mol. The zero-order valence-corrected chi connectivity index (χ0v) is 15.1. The van der Waals surface area contributed by atoms with Gasteiger partial charge in [0.25, 0.3) is 5.91 Å². The molecule has 0 aliphatic carbocycles. The molecule has 1 atom stereocenters. The zero-order valence-electron chi connectivity index (χ0n) is 15.1. The quantitative estimate of drug-likeness (QED) is 0.725. The summed E-state index contributed by atoms with van der Waals surface area (Å²) in [6, 6.07) is 4.47. The number of nitrogens with two attached hydrogens (primary N) is 1. The molecule has 0 radical (unpaired) electrons. The summed E-state index contributed by atoms with van der Waals surface area (Å²) < 4.78 is 47.5. The van der Waals surface area contributed by atoms with Crippen molar-refractivity contribution in [1.82, 2.24) is 14.9 Å². The number of alkyl halides is 1. The number of nitrogens with zero attached hydrogens (tertiary/aromatic N) is 4. The van der Waals surface area contributed by atoms with Gasteiger partial charge in [-0.05, 0) is 23.8 Å². The van der Waals surface area contributed by atoms with E-state index in [2.05, 4.69) is 15.0 Å². The molecule has 2 N–H and O–H groups in total. The van der Waals surface area contributed by atoms with E-state index in [1.165, 1.54) is 31.6 Å². The molecule has 148 valence electrons. The van der Waals surface area contributed by atoms with Gasteiger partial charge in [0.15, 0.2) is 17.9 Å². The molecule has 0 saturated carbocycles. The first-order valence-electron chi connectivity index (χ1n) is 8.41. The van der Waals surface area contributed by atoms with Crippen LogP contribution in [0.3, 0.4) is 0 Å². The normalized spacial score (nSPS) is 19.0. The van der Waals surface area contributed by atoms with Gasteiger partial charge in [0, 0.05) is 30.4 Å². The second-order valence-electron chi connectivity index (χ2n) is 6.40. The molecule has 1 aromatic carbocycles. The Hall–Kier alpha value is -3.69. The van der Waals surface area contributed by atoms with Crippen molar-refractivity contribution >= 4 is 11.9 Å². The van der Waals surface area contributed by atoms with Crippen LogP contribution in [0.4, 0.5) is 13.2 Å². The molecule has 4 rings (SSSR count). The molecule has 0 spiro atoms. The highest BCUT2D eigenvalue weighted by atomic mass is 19.1. The number of aromatic nitrogens is 2. The van der Waals surface area contributed by atoms with Crippen LogP contribution in [-0.2, 0) is 17.0 Å². The van der Waals surface area contributed by atoms with E-state index in [0.717, 1.165) is 17.4 Å². The lowest BCUT2D eigenvalue weighted by molar-refractivity contribution is -0.129. The van der Waals surface area contributed by atoms with E-state index in [9.17, 15) is 13.6 Å². The van der Waals surface area contributed by atoms with Gasteiger partial charge in [-0.1, -0.05) is 0 Å². The predicted octanol–water partition coefficient (Wildman–Crippen LogP) is 2.51. The lowest BCUT2D eigenvalue weighted by Gasteiger charge is -2.27. The highest BCUT2D eigenvalue weighted by molar-refractivity contribution is 6.09. The van der Waals surface area contributed by atoms with Crippen LogP contribution in [0.25, 0.3) is 11.3 Å². The lowest BCUT2D eigenvalue weighted by Crippen LogP contribution is -2.41. The molecule has 29 heavy (non-hydrogen) atoms. The van der Waals surface area contributed by atoms with Gasteiger partial charge in [0.2, 0.25) is 0 Å². The van der Waals surface area contributed by atoms with E-state index in [4.69, 9.17) is 10.2 Å². The van der Waals surface area contributed by atoms with Crippen molar-refractivity contribution in [2.24, 2.45) is 10.7 Å². The summed E-state index contributed by atoms with van der Waals surface area (Å²) in [5.74, 6) is -2.76. The van der Waals surface area contributed by atoms with Crippen molar-refractivity contribution < 1.29 is 22.4 Å². The second kappa shape index (κ2) is 6.73. The van der Waals surface area contributed by atoms with Gasteiger partial charge in [0.1, 0.15) is 30.3 Å². The average molecular weight is 401 g/mol. The number of aliphatic imine (C=N–C) groups is 1. The molecule has 1 aliphatic heterocycles. The van der Waals surface area contributed by atoms with E-state index < -0.39 is 29.8 Å². The maximum atomic E-state index is 15.0. The first-order valence-corrected chi connectivity index (χ1v) is 8.41. The van der Waals surface area contributed by atoms with Gasteiger partial charge >= 0.3 is 0 Å². The molecule has 7 nitrogen and oxygen atoms in total. The topological polar surface area (TPSA) is 97.6 Å². The highest BCUT2D eigenvalue weighted by Gasteiger charge is 2.51. The molecule has 3 aromatic rings. The van der Waals surface area contributed by atoms with E-state index in [1.807, 2.05) is 0 Å². The molecule has 1 aliphatic rings. The van der Waals surface area contributed by atoms with Crippen molar-refractivity contribution in [3.8, 4) is 11.3 Å². The van der Waals surface area contributed by atoms with Crippen molar-refractivity contribution in [3.05, 3.63) is 71.6 Å². The number of halogens is 3. The molecule has 2 aromatic heterocycles. The number of benzene rings is 1. The van der Waals surface area contributed by atoms with E-state index in [1.54, 1.807) is 0 Å². The Morgan fingerprint density at radius 1 is 1.21 bits per heavy atom. The Labute approximate surface area is 162 Å². The second-order valence-corrected chi connectivity index (χ2v) is 6.40. The first-order chi connectivity index (χ1) is 13.9. The van der Waals surface area contributed by atoms with Gasteiger partial charge < -0.3 is 10.2 Å². The minimum Gasteiger partial charge on any atom is -0.451 e. The first kappa shape index (κ1) is 18.7. The SMILES string of the molecule is CN1C(=O)C(c2ccnc(CF)c2)(c2cc(-c3cocn3)c(F)cc2F)N=C1N. The highest BCUT2D eigenvalue weighted by Crippen LogP contribution is 2.42. The van der Waals surface area contributed by atoms with Crippen LogP contribution in [0, 0.1) is 11.6 Å². The summed E-state index contributed by atoms with van der Waals surface area (Å²) in [6.07, 6.45) is 3.55. The van der Waals surface area contributed by atoms with Crippen LogP contribution in [-0.4, -0.2) is 33.8 Å². The zero-order chi connectivity index (χ0) is 20.8. The number of rotatable bonds is 4. The fraction of sp³-hybridized carbons (Fsp3) is 0.158. The van der Waals surface area contributed by atoms with Gasteiger partial charge in [-0.3, -0.25) is 14.7 Å². The summed E-state index contributed by atoms with van der Waals surface area (Å²) in [5.41, 5.74) is 3.80. The third-order valence-electron chi connectivity index (χ3n) is 4.77. The Balaban J connectivity index is 2.04. The van der Waals surface area contributed by atoms with Gasteiger partial charge in [-0.2, -0.15) is 0 Å². The Morgan fingerprint density at radius 2 is 2.00 bits per heavy atom. The van der Waals surface area contributed by atoms with Crippen molar-refractivity contribution in [1.29, 1.82) is 0 Å². The van der Waals surface area contributed by atoms with Crippen LogP contribution in [0.2, 0.25) is 0 Å². The third-order valence-corrected chi connectivity index (χ3v) is 4.77. The number of pyridine rings is 1. The number of oxazole rings is 1. The fourth-order valence-electron chi connectivity index (χ4n) is 3.30. The number of carbonyl (C=O) groups is 1. The van der Waals surface area contributed by atoms with Gasteiger partial charge in [-0.15, -0.1) is 0 Å². The molecule has 3 heterocycles. The fourth-order valence-corrected chi connectivity index (χ4v) is 3.30. The minimum atomic E-state index is -1.97. The number of amides is 1. The van der Waals surface area contributed by atoms with E-state index in [0.29, 0.717) is 6.07 Å². The molecule has 0 fully saturated rings. The summed E-state index contributed by atoms with van der Waals surface area (Å²) in [6.45, 7) is -0.900. The standard InChI is InChI=1S/C19H14F3N5O2/c1-27-17(28)19(26-18(27)23,10-2-3-24-11(4-10)7-20)13-5-12(14(21)6-15(13)22)16-8-29-9-25-16/h2-6,8-9H,7H2,1H3,(H2,23,26). The summed E-state index contributed by atoms with van der Waals surface area (Å²) in [7, 11) is 1.38. The molecule has 1 amide bonds. The molecule has 10 heteroatoms. The number of carbonyl (C=O) groups excluding carboxylic acids is 1. The van der Waals surface area contributed by atoms with Crippen LogP contribution in [0.15, 0.2) is 52.5 Å². The molecular formula is C19H14F3N5O2. The maximum Gasteiger partial charge on any atom is 0.266 e. The minimum absolute atomic E-state index is 0.0252. The number of hydrogen-bond donors (Lipinski definition) is 1. The third kappa shape index (κ3) is 2.75. The number of likely N-dealkylation sites (N-methyl/N-ethyl adjacent to an activating group) is 1. The maximum absolute atomic E-state index is 15.0. The Morgan fingerprint density at radius 3 is 2.62 bits per heavy atom. The Kier molecular flexibility index (Phi) is 4.33. The largest absolute Gasteiger partial charge is 0.451 e. The van der Waals surface area contributed by atoms with Crippen LogP contribution >= 0.6 is 0 Å². The van der Waals surface area contributed by atoms with Crippen molar-refractivity contribution in [2.45, 2.75) is 12.2 Å². The smallest absolute Gasteiger partial charge is 0.266 e. The molecular weight excluding hydrogens is 387 g/mol. The van der Waals surface area contributed by atoms with E-state index in [-0.39, 0.29) is 34.0 Å². The van der Waals surface area contributed by atoms with Crippen molar-refractivity contribution in [2.75, 3.05) is 7.05 Å². The molecule has 0 bridgehead atoms. The van der Waals surface area contributed by atoms with Crippen molar-refractivity contribution in [3.63, 3.8) is 0 Å². The number of hydrogen-bond acceptors (Lipinski definition) is 6. The Bertz CT molecular complexity index is 1130. The summed E-state index contributed by atoms with van der Waals surface area (Å²) in [5, 5.41) is 0. The number of guanidine groups is 1. The van der Waals surface area contributed by atoms with Crippen LogP contribution < -0.4 is 5.73 Å². The van der Waals surface area contributed by atoms with Gasteiger partial charge in [0.05, 0.1) is 5.69 Å². The average Bonchev–Trinajstić information content (AvgIpc) is 3.32. The molecule has 0 saturated heterocycles. The monoisotopic (exact) mass is 401 g/mol. The van der Waals surface area contributed by atoms with Crippen LogP contribution in [0.1, 0.15) is 16.8 Å². The van der Waals surface area contributed by atoms with E-state index >= 15 is 4.39 Å².